The lowest BCUT2D eigenvalue weighted by molar-refractivity contribution is 0.178. The third-order valence-electron chi connectivity index (χ3n) is 2.94. The van der Waals surface area contributed by atoms with Crippen molar-refractivity contribution in [1.82, 2.24) is 9.97 Å². The number of aromatic nitrogens is 2. The van der Waals surface area contributed by atoms with Gasteiger partial charge in [0.15, 0.2) is 11.6 Å². The van der Waals surface area contributed by atoms with Crippen LogP contribution in [0.25, 0.3) is 0 Å². The number of hydrogen-bond acceptors (Lipinski definition) is 6. The molecule has 2 unspecified atom stereocenters. The second-order valence-corrected chi connectivity index (χ2v) is 4.25. The second-order valence-electron chi connectivity index (χ2n) is 4.25. The summed E-state index contributed by atoms with van der Waals surface area (Å²) in [6.45, 7) is 0.592. The SMILES string of the molecule is NNc1ncc(F)c(NCC2CCC(O)C2)n1. The summed E-state index contributed by atoms with van der Waals surface area (Å²) in [4.78, 5) is 7.52. The number of hydrogen-bond donors (Lipinski definition) is 4. The zero-order valence-corrected chi connectivity index (χ0v) is 9.36. The Morgan fingerprint density at radius 3 is 3.00 bits per heavy atom. The molecule has 1 aliphatic rings. The van der Waals surface area contributed by atoms with E-state index < -0.39 is 5.82 Å². The maximum absolute atomic E-state index is 13.4. The van der Waals surface area contributed by atoms with Crippen LogP contribution in [0.1, 0.15) is 19.3 Å². The minimum atomic E-state index is -0.512. The average molecular weight is 241 g/mol. The number of halogens is 1. The van der Waals surface area contributed by atoms with E-state index in [9.17, 15) is 9.50 Å². The minimum Gasteiger partial charge on any atom is -0.393 e. The van der Waals surface area contributed by atoms with Crippen LogP contribution in [0.3, 0.4) is 0 Å². The van der Waals surface area contributed by atoms with Gasteiger partial charge in [-0.05, 0) is 25.2 Å². The molecule has 1 aromatic rings. The average Bonchev–Trinajstić information content (AvgIpc) is 2.74. The summed E-state index contributed by atoms with van der Waals surface area (Å²) in [5.41, 5.74) is 2.26. The first-order valence-electron chi connectivity index (χ1n) is 5.60. The molecule has 0 amide bonds. The maximum atomic E-state index is 13.4. The Bertz CT molecular complexity index is 389. The molecule has 1 aliphatic carbocycles. The van der Waals surface area contributed by atoms with Gasteiger partial charge in [-0.25, -0.2) is 15.2 Å². The van der Waals surface area contributed by atoms with Crippen molar-refractivity contribution in [3.63, 3.8) is 0 Å². The molecule has 6 nitrogen and oxygen atoms in total. The summed E-state index contributed by atoms with van der Waals surface area (Å²) >= 11 is 0. The fraction of sp³-hybridized carbons (Fsp3) is 0.600. The van der Waals surface area contributed by atoms with Crippen LogP contribution < -0.4 is 16.6 Å². The Morgan fingerprint density at radius 1 is 1.53 bits per heavy atom. The summed E-state index contributed by atoms with van der Waals surface area (Å²) in [7, 11) is 0. The number of rotatable bonds is 4. The van der Waals surface area contributed by atoms with Gasteiger partial charge >= 0.3 is 0 Å². The quantitative estimate of drug-likeness (QED) is 0.452. The lowest BCUT2D eigenvalue weighted by Crippen LogP contribution is -2.16. The molecule has 0 aromatic carbocycles. The Balaban J connectivity index is 1.94. The molecule has 94 valence electrons. The Labute approximate surface area is 98.4 Å². The standard InChI is InChI=1S/C10H16FN5O/c11-8-5-14-10(16-12)15-9(8)13-4-6-1-2-7(17)3-6/h5-7,17H,1-4,12H2,(H2,13,14,15,16). The van der Waals surface area contributed by atoms with Gasteiger partial charge in [0.2, 0.25) is 5.95 Å². The molecule has 1 saturated carbocycles. The predicted octanol–water partition coefficient (Wildman–Crippen LogP) is 0.474. The monoisotopic (exact) mass is 241 g/mol. The van der Waals surface area contributed by atoms with E-state index in [2.05, 4.69) is 20.7 Å². The zero-order chi connectivity index (χ0) is 12.3. The first-order valence-corrected chi connectivity index (χ1v) is 5.60. The summed E-state index contributed by atoms with van der Waals surface area (Å²) in [5, 5.41) is 12.3. The van der Waals surface area contributed by atoms with E-state index >= 15 is 0 Å². The number of anilines is 2. The molecule has 0 aliphatic heterocycles. The van der Waals surface area contributed by atoms with Gasteiger partial charge in [-0.3, -0.25) is 5.43 Å². The number of hydrazine groups is 1. The lowest BCUT2D eigenvalue weighted by atomic mass is 10.1. The first kappa shape index (κ1) is 12.0. The van der Waals surface area contributed by atoms with Crippen LogP contribution in [0.2, 0.25) is 0 Å². The van der Waals surface area contributed by atoms with E-state index in [0.717, 1.165) is 25.5 Å². The van der Waals surface area contributed by atoms with Crippen LogP contribution in [0.15, 0.2) is 6.20 Å². The molecule has 17 heavy (non-hydrogen) atoms. The molecule has 0 radical (unpaired) electrons. The van der Waals surface area contributed by atoms with E-state index in [0.29, 0.717) is 12.5 Å². The minimum absolute atomic E-state index is 0.134. The van der Waals surface area contributed by atoms with Gasteiger partial charge in [-0.15, -0.1) is 0 Å². The van der Waals surface area contributed by atoms with Crippen molar-refractivity contribution in [2.45, 2.75) is 25.4 Å². The predicted molar refractivity (Wildman–Crippen MR) is 61.6 cm³/mol. The smallest absolute Gasteiger partial charge is 0.239 e. The Morgan fingerprint density at radius 2 is 2.35 bits per heavy atom. The van der Waals surface area contributed by atoms with Crippen molar-refractivity contribution >= 4 is 11.8 Å². The Hall–Kier alpha value is -1.47. The summed E-state index contributed by atoms with van der Waals surface area (Å²) in [6, 6.07) is 0. The number of nitrogens with zero attached hydrogens (tertiary/aromatic N) is 2. The highest BCUT2D eigenvalue weighted by atomic mass is 19.1. The highest BCUT2D eigenvalue weighted by Crippen LogP contribution is 2.25. The topological polar surface area (TPSA) is 96.1 Å². The van der Waals surface area contributed by atoms with Crippen molar-refractivity contribution in [3.8, 4) is 0 Å². The zero-order valence-electron chi connectivity index (χ0n) is 9.36. The van der Waals surface area contributed by atoms with Crippen molar-refractivity contribution in [2.75, 3.05) is 17.3 Å². The third kappa shape index (κ3) is 3.01. The van der Waals surface area contributed by atoms with E-state index in [1.165, 1.54) is 0 Å². The molecule has 0 saturated heterocycles. The number of nitrogen functional groups attached to an aromatic ring is 1. The fourth-order valence-corrected chi connectivity index (χ4v) is 2.04. The van der Waals surface area contributed by atoms with Crippen molar-refractivity contribution in [2.24, 2.45) is 11.8 Å². The van der Waals surface area contributed by atoms with Crippen LogP contribution in [-0.4, -0.2) is 27.7 Å². The van der Waals surface area contributed by atoms with Gasteiger partial charge in [-0.1, -0.05) is 0 Å². The van der Waals surface area contributed by atoms with E-state index in [1.807, 2.05) is 0 Å². The van der Waals surface area contributed by atoms with E-state index in [1.54, 1.807) is 0 Å². The largest absolute Gasteiger partial charge is 0.393 e. The van der Waals surface area contributed by atoms with Crippen LogP contribution in [0, 0.1) is 11.7 Å². The molecule has 1 heterocycles. The highest BCUT2D eigenvalue weighted by molar-refractivity contribution is 5.40. The normalized spacial score (nSPS) is 23.7. The van der Waals surface area contributed by atoms with Crippen LogP contribution in [-0.2, 0) is 0 Å². The Kier molecular flexibility index (Phi) is 3.70. The number of nitrogens with one attached hydrogen (secondary N) is 2. The molecular weight excluding hydrogens is 225 g/mol. The molecule has 2 atom stereocenters. The maximum Gasteiger partial charge on any atom is 0.239 e. The molecule has 1 aromatic heterocycles. The number of aliphatic hydroxyl groups is 1. The molecular formula is C10H16FN5O. The van der Waals surface area contributed by atoms with Crippen molar-refractivity contribution in [1.29, 1.82) is 0 Å². The molecule has 0 spiro atoms. The fourth-order valence-electron chi connectivity index (χ4n) is 2.04. The van der Waals surface area contributed by atoms with Crippen LogP contribution in [0.4, 0.5) is 16.2 Å². The summed E-state index contributed by atoms with van der Waals surface area (Å²) in [5.74, 6) is 5.29. The number of aliphatic hydroxyl groups excluding tert-OH is 1. The molecule has 0 bridgehead atoms. The summed E-state index contributed by atoms with van der Waals surface area (Å²) in [6.07, 6.45) is 3.35. The third-order valence-corrected chi connectivity index (χ3v) is 2.94. The lowest BCUT2D eigenvalue weighted by Gasteiger charge is -2.12. The van der Waals surface area contributed by atoms with Crippen LogP contribution >= 0.6 is 0 Å². The highest BCUT2D eigenvalue weighted by Gasteiger charge is 2.22. The molecule has 5 N–H and O–H groups in total. The first-order chi connectivity index (χ1) is 8.19. The van der Waals surface area contributed by atoms with Crippen molar-refractivity contribution < 1.29 is 9.50 Å². The molecule has 1 fully saturated rings. The van der Waals surface area contributed by atoms with E-state index in [-0.39, 0.29) is 17.9 Å². The van der Waals surface area contributed by atoms with Gasteiger partial charge in [0.25, 0.3) is 0 Å². The number of nitrogens with two attached hydrogens (primary N) is 1. The van der Waals surface area contributed by atoms with Gasteiger partial charge in [0, 0.05) is 6.54 Å². The van der Waals surface area contributed by atoms with Gasteiger partial charge < -0.3 is 10.4 Å². The van der Waals surface area contributed by atoms with Crippen LogP contribution in [0.5, 0.6) is 0 Å². The van der Waals surface area contributed by atoms with Crippen molar-refractivity contribution in [3.05, 3.63) is 12.0 Å². The molecule has 7 heteroatoms. The molecule has 2 rings (SSSR count). The summed E-state index contributed by atoms with van der Waals surface area (Å²) < 4.78 is 13.4. The van der Waals surface area contributed by atoms with E-state index in [4.69, 9.17) is 5.84 Å². The van der Waals surface area contributed by atoms with Gasteiger partial charge in [-0.2, -0.15) is 4.98 Å². The second kappa shape index (κ2) is 5.24. The van der Waals surface area contributed by atoms with Gasteiger partial charge in [0.1, 0.15) is 0 Å². The van der Waals surface area contributed by atoms with Gasteiger partial charge in [0.05, 0.1) is 12.3 Å².